The minimum Gasteiger partial charge on any atom is -0.388 e. The predicted octanol–water partition coefficient (Wildman–Crippen LogP) is 1.51. The number of ether oxygens (including phenoxy) is 1. The van der Waals surface area contributed by atoms with Crippen LogP contribution in [-0.4, -0.2) is 37.0 Å². The first kappa shape index (κ1) is 11.1. The van der Waals surface area contributed by atoms with E-state index < -0.39 is 0 Å². The summed E-state index contributed by atoms with van der Waals surface area (Å²) in [5.41, 5.74) is 4.01. The lowest BCUT2D eigenvalue weighted by atomic mass is 9.97. The third-order valence-electron chi connectivity index (χ3n) is 3.81. The van der Waals surface area contributed by atoms with Gasteiger partial charge in [-0.2, -0.15) is 0 Å². The zero-order valence-corrected chi connectivity index (χ0v) is 10.2. The molecular weight excluding hydrogens is 214 g/mol. The van der Waals surface area contributed by atoms with Crippen molar-refractivity contribution in [1.82, 2.24) is 0 Å². The number of benzene rings is 1. The molecule has 3 nitrogen and oxygen atoms in total. The van der Waals surface area contributed by atoms with Crippen molar-refractivity contribution in [2.24, 2.45) is 0 Å². The van der Waals surface area contributed by atoms with Crippen LogP contribution in [0.15, 0.2) is 18.2 Å². The smallest absolute Gasteiger partial charge is 0.0998 e. The first-order valence-corrected chi connectivity index (χ1v) is 6.37. The van der Waals surface area contributed by atoms with Gasteiger partial charge < -0.3 is 14.7 Å². The molecule has 2 heterocycles. The Morgan fingerprint density at radius 1 is 1.35 bits per heavy atom. The Morgan fingerprint density at radius 3 is 3.00 bits per heavy atom. The van der Waals surface area contributed by atoms with Gasteiger partial charge in [0.05, 0.1) is 25.4 Å². The summed E-state index contributed by atoms with van der Waals surface area (Å²) in [5.74, 6) is 0. The summed E-state index contributed by atoms with van der Waals surface area (Å²) in [6.07, 6.45) is 1.97. The third-order valence-corrected chi connectivity index (χ3v) is 3.81. The molecule has 0 radical (unpaired) electrons. The molecule has 1 aromatic rings. The number of aryl methyl sites for hydroxylation is 2. The summed E-state index contributed by atoms with van der Waals surface area (Å²) in [6, 6.07) is 6.74. The van der Waals surface area contributed by atoms with E-state index in [-0.39, 0.29) is 12.1 Å². The molecule has 1 saturated heterocycles. The van der Waals surface area contributed by atoms with Gasteiger partial charge in [0, 0.05) is 12.2 Å². The maximum Gasteiger partial charge on any atom is 0.0998 e. The molecule has 2 aliphatic rings. The van der Waals surface area contributed by atoms with Gasteiger partial charge in [-0.1, -0.05) is 17.7 Å². The van der Waals surface area contributed by atoms with Gasteiger partial charge in [-0.05, 0) is 31.4 Å². The molecule has 17 heavy (non-hydrogen) atoms. The molecule has 0 spiro atoms. The molecule has 0 saturated carbocycles. The van der Waals surface area contributed by atoms with Crippen LogP contribution in [0, 0.1) is 6.92 Å². The minimum atomic E-state index is -0.345. The normalized spacial score (nSPS) is 28.2. The fraction of sp³-hybridized carbons (Fsp3) is 0.571. The summed E-state index contributed by atoms with van der Waals surface area (Å²) < 4.78 is 5.37. The topological polar surface area (TPSA) is 32.7 Å². The Labute approximate surface area is 102 Å². The summed E-state index contributed by atoms with van der Waals surface area (Å²) in [4.78, 5) is 2.33. The largest absolute Gasteiger partial charge is 0.388 e. The van der Waals surface area contributed by atoms with Crippen molar-refractivity contribution in [3.8, 4) is 0 Å². The van der Waals surface area contributed by atoms with Gasteiger partial charge in [0.15, 0.2) is 0 Å². The van der Waals surface area contributed by atoms with Crippen molar-refractivity contribution >= 4 is 5.69 Å². The lowest BCUT2D eigenvalue weighted by molar-refractivity contribution is 0.124. The van der Waals surface area contributed by atoms with Crippen molar-refractivity contribution in [1.29, 1.82) is 0 Å². The summed E-state index contributed by atoms with van der Waals surface area (Å²) in [6.45, 7) is 4.28. The highest BCUT2D eigenvalue weighted by molar-refractivity contribution is 5.57. The zero-order chi connectivity index (χ0) is 11.8. The summed E-state index contributed by atoms with van der Waals surface area (Å²) >= 11 is 0. The van der Waals surface area contributed by atoms with Crippen LogP contribution in [0.2, 0.25) is 0 Å². The van der Waals surface area contributed by atoms with Crippen molar-refractivity contribution in [3.63, 3.8) is 0 Å². The van der Waals surface area contributed by atoms with Crippen LogP contribution in [0.25, 0.3) is 0 Å². The molecule has 0 aliphatic carbocycles. The Hall–Kier alpha value is -1.06. The maximum absolute atomic E-state index is 9.95. The van der Waals surface area contributed by atoms with E-state index in [1.807, 2.05) is 0 Å². The highest BCUT2D eigenvalue weighted by Crippen LogP contribution is 2.31. The molecule has 3 rings (SSSR count). The average molecular weight is 233 g/mol. The maximum atomic E-state index is 9.95. The quantitative estimate of drug-likeness (QED) is 0.798. The van der Waals surface area contributed by atoms with Crippen LogP contribution in [0.3, 0.4) is 0 Å². The van der Waals surface area contributed by atoms with Crippen molar-refractivity contribution < 1.29 is 9.84 Å². The van der Waals surface area contributed by atoms with Gasteiger partial charge >= 0.3 is 0 Å². The number of hydrogen-bond donors (Lipinski definition) is 1. The van der Waals surface area contributed by atoms with Gasteiger partial charge in [0.25, 0.3) is 0 Å². The number of anilines is 1. The second-order valence-electron chi connectivity index (χ2n) is 5.10. The SMILES string of the molecule is Cc1ccc2c(c1)CCCN2C1COCC1O. The number of fused-ring (bicyclic) bond motifs is 1. The Kier molecular flexibility index (Phi) is 2.81. The fourth-order valence-corrected chi connectivity index (χ4v) is 2.93. The van der Waals surface area contributed by atoms with E-state index in [4.69, 9.17) is 4.74 Å². The van der Waals surface area contributed by atoms with Crippen molar-refractivity contribution in [3.05, 3.63) is 29.3 Å². The number of aliphatic hydroxyl groups excluding tert-OH is 1. The molecule has 0 amide bonds. The van der Waals surface area contributed by atoms with Crippen molar-refractivity contribution in [2.75, 3.05) is 24.7 Å². The summed E-state index contributed by atoms with van der Waals surface area (Å²) in [5, 5.41) is 9.95. The van der Waals surface area contributed by atoms with Crippen LogP contribution >= 0.6 is 0 Å². The first-order chi connectivity index (χ1) is 8.25. The molecule has 0 aromatic heterocycles. The zero-order valence-electron chi connectivity index (χ0n) is 10.2. The van der Waals surface area contributed by atoms with Crippen LogP contribution in [-0.2, 0) is 11.2 Å². The number of aliphatic hydroxyl groups is 1. The monoisotopic (exact) mass is 233 g/mol. The molecule has 1 aromatic carbocycles. The summed E-state index contributed by atoms with van der Waals surface area (Å²) in [7, 11) is 0. The van der Waals surface area contributed by atoms with E-state index in [2.05, 4.69) is 30.0 Å². The molecule has 92 valence electrons. The van der Waals surface area contributed by atoms with Crippen LogP contribution in [0.5, 0.6) is 0 Å². The van der Waals surface area contributed by atoms with Gasteiger partial charge in [-0.25, -0.2) is 0 Å². The van der Waals surface area contributed by atoms with E-state index in [0.717, 1.165) is 13.0 Å². The highest BCUT2D eigenvalue weighted by Gasteiger charge is 2.33. The predicted molar refractivity (Wildman–Crippen MR) is 67.5 cm³/mol. The van der Waals surface area contributed by atoms with Crippen molar-refractivity contribution in [2.45, 2.75) is 31.9 Å². The number of hydrogen-bond acceptors (Lipinski definition) is 3. The van der Waals surface area contributed by atoms with Gasteiger partial charge in [0.1, 0.15) is 0 Å². The lowest BCUT2D eigenvalue weighted by Gasteiger charge is -2.37. The van der Waals surface area contributed by atoms with Crippen LogP contribution in [0.1, 0.15) is 17.5 Å². The van der Waals surface area contributed by atoms with E-state index in [1.165, 1.54) is 23.2 Å². The highest BCUT2D eigenvalue weighted by atomic mass is 16.5. The molecule has 3 heteroatoms. The van der Waals surface area contributed by atoms with E-state index in [1.54, 1.807) is 0 Å². The lowest BCUT2D eigenvalue weighted by Crippen LogP contribution is -2.45. The standard InChI is InChI=1S/C14H19NO2/c1-10-4-5-12-11(7-10)3-2-6-15(12)13-8-17-9-14(13)16/h4-5,7,13-14,16H,2-3,6,8-9H2,1H3. The Bertz CT molecular complexity index is 419. The molecular formula is C14H19NO2. The minimum absolute atomic E-state index is 0.136. The van der Waals surface area contributed by atoms with E-state index >= 15 is 0 Å². The molecule has 2 atom stereocenters. The van der Waals surface area contributed by atoms with Crippen LogP contribution < -0.4 is 4.90 Å². The van der Waals surface area contributed by atoms with E-state index in [9.17, 15) is 5.11 Å². The molecule has 2 unspecified atom stereocenters. The van der Waals surface area contributed by atoms with Gasteiger partial charge in [0.2, 0.25) is 0 Å². The molecule has 0 bridgehead atoms. The number of rotatable bonds is 1. The number of nitrogens with zero attached hydrogens (tertiary/aromatic N) is 1. The van der Waals surface area contributed by atoms with Crippen LogP contribution in [0.4, 0.5) is 5.69 Å². The van der Waals surface area contributed by atoms with E-state index in [0.29, 0.717) is 13.2 Å². The Morgan fingerprint density at radius 2 is 2.24 bits per heavy atom. The Balaban J connectivity index is 1.93. The first-order valence-electron chi connectivity index (χ1n) is 6.37. The average Bonchev–Trinajstić information content (AvgIpc) is 2.74. The van der Waals surface area contributed by atoms with Gasteiger partial charge in [-0.15, -0.1) is 0 Å². The fourth-order valence-electron chi connectivity index (χ4n) is 2.93. The molecule has 1 fully saturated rings. The molecule has 2 aliphatic heterocycles. The molecule has 1 N–H and O–H groups in total. The second-order valence-corrected chi connectivity index (χ2v) is 5.10. The third kappa shape index (κ3) is 1.94. The van der Waals surface area contributed by atoms with Gasteiger partial charge in [-0.3, -0.25) is 0 Å². The second kappa shape index (κ2) is 4.31.